The van der Waals surface area contributed by atoms with Crippen LogP contribution in [0.2, 0.25) is 0 Å². The van der Waals surface area contributed by atoms with Crippen LogP contribution >= 0.6 is 0 Å². The van der Waals surface area contributed by atoms with Gasteiger partial charge in [-0.3, -0.25) is 16.1 Å². The lowest BCUT2D eigenvalue weighted by Crippen LogP contribution is -2.39. The molecule has 0 aliphatic carbocycles. The fourth-order valence-electron chi connectivity index (χ4n) is 0.588. The molecule has 0 radical (unpaired) electrons. The maximum Gasteiger partial charge on any atom is 0.195 e. The summed E-state index contributed by atoms with van der Waals surface area (Å²) in [6.45, 7) is 1.38. The summed E-state index contributed by atoms with van der Waals surface area (Å²) < 4.78 is 0. The number of rotatable bonds is 0. The van der Waals surface area contributed by atoms with E-state index in [4.69, 9.17) is 10.8 Å². The predicted octanol–water partition coefficient (Wildman–Crippen LogP) is -1.36. The summed E-state index contributed by atoms with van der Waals surface area (Å²) in [5.74, 6) is 0.370. The van der Waals surface area contributed by atoms with Gasteiger partial charge in [0.05, 0.1) is 0 Å². The summed E-state index contributed by atoms with van der Waals surface area (Å²) in [4.78, 5) is 0. The second kappa shape index (κ2) is 2.34. The summed E-state index contributed by atoms with van der Waals surface area (Å²) >= 11 is 0. The highest BCUT2D eigenvalue weighted by Crippen LogP contribution is 1.68. The molecule has 50 valence electrons. The van der Waals surface area contributed by atoms with Gasteiger partial charge in [0.1, 0.15) is 0 Å². The Kier molecular flexibility index (Phi) is 1.53. The van der Waals surface area contributed by atoms with E-state index in [9.17, 15) is 0 Å². The van der Waals surface area contributed by atoms with Crippen molar-refractivity contribution in [3.8, 4) is 0 Å². The molecule has 0 amide bonds. The van der Waals surface area contributed by atoms with E-state index in [0.717, 1.165) is 0 Å². The molecular formula is C4H9N5. The molecule has 0 bridgehead atoms. The normalized spacial score (nSPS) is 19.1. The van der Waals surface area contributed by atoms with Crippen molar-refractivity contribution < 1.29 is 0 Å². The third-order valence-electron chi connectivity index (χ3n) is 0.979. The Morgan fingerprint density at radius 2 is 1.44 bits per heavy atom. The van der Waals surface area contributed by atoms with E-state index in [2.05, 4.69) is 16.0 Å². The zero-order chi connectivity index (χ0) is 6.69. The van der Waals surface area contributed by atoms with Gasteiger partial charge < -0.3 is 10.6 Å². The van der Waals surface area contributed by atoms with Crippen LogP contribution in [-0.2, 0) is 0 Å². The molecule has 0 aromatic carbocycles. The van der Waals surface area contributed by atoms with Gasteiger partial charge in [-0.1, -0.05) is 0 Å². The molecule has 0 saturated carbocycles. The first-order chi connectivity index (χ1) is 4.29. The van der Waals surface area contributed by atoms with Crippen molar-refractivity contribution in [2.75, 3.05) is 13.1 Å². The molecule has 9 heavy (non-hydrogen) atoms. The summed E-state index contributed by atoms with van der Waals surface area (Å²) in [6.07, 6.45) is 0. The van der Waals surface area contributed by atoms with Crippen LogP contribution in [0.1, 0.15) is 0 Å². The first-order valence-electron chi connectivity index (χ1n) is 2.71. The van der Waals surface area contributed by atoms with Gasteiger partial charge in [0.2, 0.25) is 0 Å². The molecule has 0 unspecified atom stereocenters. The minimum atomic E-state index is 0.185. The molecule has 1 saturated heterocycles. The van der Waals surface area contributed by atoms with Crippen LogP contribution in [0, 0.1) is 10.8 Å². The summed E-state index contributed by atoms with van der Waals surface area (Å²) in [6, 6.07) is 0. The molecule has 1 fully saturated rings. The molecule has 5 N–H and O–H groups in total. The lowest BCUT2D eigenvalue weighted by atomic mass is 10.6. The van der Waals surface area contributed by atoms with Crippen molar-refractivity contribution in [1.82, 2.24) is 16.0 Å². The van der Waals surface area contributed by atoms with Crippen LogP contribution in [0.3, 0.4) is 0 Å². The minimum absolute atomic E-state index is 0.185. The summed E-state index contributed by atoms with van der Waals surface area (Å²) in [7, 11) is 0. The first kappa shape index (κ1) is 5.87. The molecule has 1 rings (SSSR count). The molecule has 0 aromatic rings. The van der Waals surface area contributed by atoms with E-state index < -0.39 is 0 Å². The predicted molar refractivity (Wildman–Crippen MR) is 34.6 cm³/mol. The number of nitrogens with one attached hydrogen (secondary N) is 5. The monoisotopic (exact) mass is 127 g/mol. The second-order valence-corrected chi connectivity index (χ2v) is 1.73. The Hall–Kier alpha value is -1.26. The first-order valence-corrected chi connectivity index (χ1v) is 2.71. The van der Waals surface area contributed by atoms with Crippen molar-refractivity contribution in [3.63, 3.8) is 0 Å². The molecule has 1 aliphatic rings. The zero-order valence-electron chi connectivity index (χ0n) is 4.91. The highest BCUT2D eigenvalue weighted by atomic mass is 15.3. The zero-order valence-corrected chi connectivity index (χ0v) is 4.91. The number of hydrogen-bond donors (Lipinski definition) is 5. The Morgan fingerprint density at radius 1 is 1.00 bits per heavy atom. The van der Waals surface area contributed by atoms with Crippen molar-refractivity contribution >= 4 is 11.9 Å². The summed E-state index contributed by atoms with van der Waals surface area (Å²) in [5.41, 5.74) is 0. The van der Waals surface area contributed by atoms with Gasteiger partial charge in [-0.15, -0.1) is 0 Å². The Bertz CT molecular complexity index is 124. The third kappa shape index (κ3) is 1.60. The average Bonchev–Trinajstić information content (AvgIpc) is 1.93. The molecule has 1 aliphatic heterocycles. The SMILES string of the molecule is N=C1NCCNC(=N)N1. The fraction of sp³-hybridized carbons (Fsp3) is 0.500. The largest absolute Gasteiger partial charge is 0.354 e. The van der Waals surface area contributed by atoms with Crippen LogP contribution < -0.4 is 16.0 Å². The Morgan fingerprint density at radius 3 is 1.89 bits per heavy atom. The van der Waals surface area contributed by atoms with E-state index in [0.29, 0.717) is 13.1 Å². The maximum atomic E-state index is 7.06. The quantitative estimate of drug-likeness (QED) is 0.278. The van der Waals surface area contributed by atoms with Gasteiger partial charge >= 0.3 is 0 Å². The van der Waals surface area contributed by atoms with Crippen LogP contribution in [0.5, 0.6) is 0 Å². The van der Waals surface area contributed by atoms with Gasteiger partial charge in [-0.2, -0.15) is 0 Å². The number of guanidine groups is 2. The molecule has 5 nitrogen and oxygen atoms in total. The summed E-state index contributed by atoms with van der Waals surface area (Å²) in [5, 5.41) is 22.1. The van der Waals surface area contributed by atoms with Gasteiger partial charge in [0, 0.05) is 13.1 Å². The van der Waals surface area contributed by atoms with Crippen LogP contribution in [0.15, 0.2) is 0 Å². The molecule has 0 aromatic heterocycles. The van der Waals surface area contributed by atoms with Crippen molar-refractivity contribution in [3.05, 3.63) is 0 Å². The molecule has 5 heteroatoms. The topological polar surface area (TPSA) is 83.8 Å². The third-order valence-corrected chi connectivity index (χ3v) is 0.979. The Balaban J connectivity index is 2.47. The Labute approximate surface area is 52.8 Å². The van der Waals surface area contributed by atoms with Crippen LogP contribution in [0.25, 0.3) is 0 Å². The lowest BCUT2D eigenvalue weighted by Gasteiger charge is -2.01. The van der Waals surface area contributed by atoms with Gasteiger partial charge in [0.15, 0.2) is 11.9 Å². The minimum Gasteiger partial charge on any atom is -0.354 e. The molecule has 1 heterocycles. The van der Waals surface area contributed by atoms with Gasteiger partial charge in [0.25, 0.3) is 0 Å². The van der Waals surface area contributed by atoms with Crippen LogP contribution in [-0.4, -0.2) is 25.0 Å². The fourth-order valence-corrected chi connectivity index (χ4v) is 0.588. The van der Waals surface area contributed by atoms with Gasteiger partial charge in [-0.05, 0) is 0 Å². The lowest BCUT2D eigenvalue weighted by molar-refractivity contribution is 0.824. The van der Waals surface area contributed by atoms with Crippen LogP contribution in [0.4, 0.5) is 0 Å². The highest BCUT2D eigenvalue weighted by molar-refractivity contribution is 5.96. The highest BCUT2D eigenvalue weighted by Gasteiger charge is 2.02. The van der Waals surface area contributed by atoms with E-state index in [1.165, 1.54) is 0 Å². The standard InChI is InChI=1S/C4H9N5/c5-3-7-1-2-8-4(6)9-3/h1-2H2,(H5,5,6,7,8,9). The van der Waals surface area contributed by atoms with Crippen molar-refractivity contribution in [2.45, 2.75) is 0 Å². The number of hydrogen-bond acceptors (Lipinski definition) is 2. The molecule has 0 atom stereocenters. The van der Waals surface area contributed by atoms with E-state index in [1.807, 2.05) is 0 Å². The van der Waals surface area contributed by atoms with Crippen molar-refractivity contribution in [1.29, 1.82) is 10.8 Å². The van der Waals surface area contributed by atoms with E-state index in [1.54, 1.807) is 0 Å². The molecular weight excluding hydrogens is 118 g/mol. The van der Waals surface area contributed by atoms with E-state index >= 15 is 0 Å². The smallest absolute Gasteiger partial charge is 0.195 e. The van der Waals surface area contributed by atoms with E-state index in [-0.39, 0.29) is 11.9 Å². The molecule has 0 spiro atoms. The van der Waals surface area contributed by atoms with Gasteiger partial charge in [-0.25, -0.2) is 0 Å². The average molecular weight is 127 g/mol. The maximum absolute atomic E-state index is 7.06. The van der Waals surface area contributed by atoms with Crippen molar-refractivity contribution in [2.24, 2.45) is 0 Å². The second-order valence-electron chi connectivity index (χ2n) is 1.73.